The average molecular weight is 436 g/mol. The molecule has 1 amide bonds. The molecule has 0 aliphatic rings. The van der Waals surface area contributed by atoms with Crippen molar-refractivity contribution in [3.63, 3.8) is 0 Å². The predicted octanol–water partition coefficient (Wildman–Crippen LogP) is 4.86. The van der Waals surface area contributed by atoms with Gasteiger partial charge in [-0.2, -0.15) is 9.61 Å². The van der Waals surface area contributed by atoms with Crippen molar-refractivity contribution >= 4 is 27.9 Å². The van der Waals surface area contributed by atoms with Gasteiger partial charge in [0.15, 0.2) is 12.4 Å². The second-order valence-electron chi connectivity index (χ2n) is 7.69. The summed E-state index contributed by atoms with van der Waals surface area (Å²) in [5.41, 5.74) is 3.80. The molecule has 0 saturated carbocycles. The number of hydrogen-bond acceptors (Lipinski definition) is 6. The van der Waals surface area contributed by atoms with Crippen LogP contribution >= 0.6 is 11.3 Å². The van der Waals surface area contributed by atoms with Crippen LogP contribution in [-0.2, 0) is 11.2 Å². The van der Waals surface area contributed by atoms with Gasteiger partial charge in [-0.05, 0) is 42.2 Å². The molecule has 1 N–H and O–H groups in total. The molecule has 0 aliphatic heterocycles. The quantitative estimate of drug-likeness (QED) is 0.448. The van der Waals surface area contributed by atoms with E-state index in [4.69, 9.17) is 4.74 Å². The van der Waals surface area contributed by atoms with Crippen molar-refractivity contribution in [3.05, 3.63) is 59.4 Å². The highest BCUT2D eigenvalue weighted by atomic mass is 32.1. The van der Waals surface area contributed by atoms with E-state index in [-0.39, 0.29) is 12.5 Å². The lowest BCUT2D eigenvalue weighted by Gasteiger charge is -2.15. The van der Waals surface area contributed by atoms with Crippen molar-refractivity contribution in [1.82, 2.24) is 19.8 Å². The van der Waals surface area contributed by atoms with Gasteiger partial charge in [-0.15, -0.1) is 10.2 Å². The summed E-state index contributed by atoms with van der Waals surface area (Å²) >= 11 is 1.47. The third-order valence-corrected chi connectivity index (χ3v) is 5.86. The number of nitrogens with zero attached hydrogens (tertiary/aromatic N) is 4. The number of hydrogen-bond donors (Lipinski definition) is 1. The first kappa shape index (κ1) is 21.0. The summed E-state index contributed by atoms with van der Waals surface area (Å²) in [6.45, 7) is 8.20. The van der Waals surface area contributed by atoms with Crippen LogP contribution in [0.1, 0.15) is 43.6 Å². The van der Waals surface area contributed by atoms with E-state index in [1.807, 2.05) is 44.2 Å². The molecule has 0 unspecified atom stereocenters. The number of anilines is 1. The molecule has 0 bridgehead atoms. The van der Waals surface area contributed by atoms with Crippen LogP contribution < -0.4 is 10.1 Å². The molecular weight excluding hydrogens is 410 g/mol. The fourth-order valence-electron chi connectivity index (χ4n) is 3.31. The van der Waals surface area contributed by atoms with Crippen LogP contribution in [0.2, 0.25) is 0 Å². The lowest BCUT2D eigenvalue weighted by molar-refractivity contribution is -0.118. The second-order valence-corrected chi connectivity index (χ2v) is 8.64. The Bertz CT molecular complexity index is 1230. The zero-order valence-electron chi connectivity index (χ0n) is 18.0. The van der Waals surface area contributed by atoms with E-state index in [9.17, 15) is 4.79 Å². The Hall–Kier alpha value is -3.26. The van der Waals surface area contributed by atoms with Crippen LogP contribution in [-0.4, -0.2) is 32.3 Å². The van der Waals surface area contributed by atoms with Gasteiger partial charge < -0.3 is 10.1 Å². The van der Waals surface area contributed by atoms with Crippen molar-refractivity contribution in [2.45, 2.75) is 40.0 Å². The first-order chi connectivity index (χ1) is 14.9. The summed E-state index contributed by atoms with van der Waals surface area (Å²) in [6.07, 6.45) is 0.764. The van der Waals surface area contributed by atoms with Gasteiger partial charge in [-0.1, -0.05) is 56.4 Å². The van der Waals surface area contributed by atoms with Crippen molar-refractivity contribution in [3.8, 4) is 16.3 Å². The van der Waals surface area contributed by atoms with Crippen LogP contribution in [0.4, 0.5) is 5.69 Å². The minimum Gasteiger partial charge on any atom is -0.483 e. The third-order valence-electron chi connectivity index (χ3n) is 4.91. The molecule has 0 radical (unpaired) electrons. The molecule has 31 heavy (non-hydrogen) atoms. The topological polar surface area (TPSA) is 81.4 Å². The molecule has 7 nitrogen and oxygen atoms in total. The van der Waals surface area contributed by atoms with Gasteiger partial charge >= 0.3 is 0 Å². The summed E-state index contributed by atoms with van der Waals surface area (Å²) in [5.74, 6) is 1.69. The van der Waals surface area contributed by atoms with Crippen LogP contribution in [0.25, 0.3) is 15.5 Å². The molecule has 4 aromatic rings. The highest BCUT2D eigenvalue weighted by Crippen LogP contribution is 2.29. The van der Waals surface area contributed by atoms with Crippen molar-refractivity contribution in [2.24, 2.45) is 0 Å². The van der Waals surface area contributed by atoms with E-state index >= 15 is 0 Å². The van der Waals surface area contributed by atoms with Crippen molar-refractivity contribution < 1.29 is 9.53 Å². The molecule has 0 spiro atoms. The van der Waals surface area contributed by atoms with E-state index in [0.717, 1.165) is 44.7 Å². The first-order valence-corrected chi connectivity index (χ1v) is 11.1. The summed E-state index contributed by atoms with van der Waals surface area (Å²) in [5, 5.41) is 16.6. The Kier molecular flexibility index (Phi) is 5.99. The zero-order valence-corrected chi connectivity index (χ0v) is 18.9. The molecule has 0 saturated heterocycles. The minimum absolute atomic E-state index is 0.0516. The maximum Gasteiger partial charge on any atom is 0.262 e. The Balaban J connectivity index is 1.46. The number of carbonyl (C=O) groups excluding carboxylic acids is 1. The van der Waals surface area contributed by atoms with E-state index < -0.39 is 0 Å². The molecule has 0 aliphatic carbocycles. The first-order valence-electron chi connectivity index (χ1n) is 10.3. The van der Waals surface area contributed by atoms with Crippen molar-refractivity contribution in [2.75, 3.05) is 11.9 Å². The van der Waals surface area contributed by atoms with Gasteiger partial charge in [0, 0.05) is 17.7 Å². The maximum absolute atomic E-state index is 12.5. The van der Waals surface area contributed by atoms with Gasteiger partial charge in [-0.25, -0.2) is 0 Å². The lowest BCUT2D eigenvalue weighted by Crippen LogP contribution is -2.20. The fraction of sp³-hybridized carbons (Fsp3) is 0.304. The largest absolute Gasteiger partial charge is 0.483 e. The number of rotatable bonds is 7. The number of ether oxygens (including phenoxy) is 1. The number of nitrogens with one attached hydrogen (secondary N) is 1. The Morgan fingerprint density at radius 1 is 1.19 bits per heavy atom. The number of amides is 1. The van der Waals surface area contributed by atoms with Gasteiger partial charge in [-0.3, -0.25) is 4.79 Å². The van der Waals surface area contributed by atoms with Gasteiger partial charge in [0.2, 0.25) is 4.96 Å². The Labute approximate surface area is 185 Å². The Morgan fingerprint density at radius 3 is 2.81 bits per heavy atom. The van der Waals surface area contributed by atoms with Gasteiger partial charge in [0.1, 0.15) is 10.8 Å². The molecular formula is C23H25N5O2S. The van der Waals surface area contributed by atoms with E-state index in [2.05, 4.69) is 46.6 Å². The SMILES string of the molecule is CCc1nnc2sc(-c3cccc(NC(=O)COc4cc(C)ccc4C(C)C)c3)nn12. The monoisotopic (exact) mass is 435 g/mol. The average Bonchev–Trinajstić information content (AvgIpc) is 3.33. The van der Waals surface area contributed by atoms with Crippen LogP contribution in [0.15, 0.2) is 42.5 Å². The molecule has 2 heterocycles. The summed E-state index contributed by atoms with van der Waals surface area (Å²) in [4.78, 5) is 13.3. The van der Waals surface area contributed by atoms with Gasteiger partial charge in [0.05, 0.1) is 0 Å². The number of aromatic nitrogens is 4. The molecule has 2 aromatic heterocycles. The highest BCUT2D eigenvalue weighted by molar-refractivity contribution is 7.19. The smallest absolute Gasteiger partial charge is 0.262 e. The van der Waals surface area contributed by atoms with Crippen LogP contribution in [0.3, 0.4) is 0 Å². The van der Waals surface area contributed by atoms with E-state index in [1.165, 1.54) is 11.3 Å². The number of benzene rings is 2. The maximum atomic E-state index is 12.5. The normalized spacial score (nSPS) is 11.3. The second kappa shape index (κ2) is 8.85. The summed E-state index contributed by atoms with van der Waals surface area (Å²) in [7, 11) is 0. The van der Waals surface area contributed by atoms with Crippen molar-refractivity contribution in [1.29, 1.82) is 0 Å². The lowest BCUT2D eigenvalue weighted by atomic mass is 10.0. The molecule has 8 heteroatoms. The zero-order chi connectivity index (χ0) is 22.0. The minimum atomic E-state index is -0.209. The highest BCUT2D eigenvalue weighted by Gasteiger charge is 2.14. The molecule has 0 atom stereocenters. The van der Waals surface area contributed by atoms with E-state index in [0.29, 0.717) is 11.6 Å². The van der Waals surface area contributed by atoms with Crippen LogP contribution in [0.5, 0.6) is 5.75 Å². The molecule has 4 rings (SSSR count). The third kappa shape index (κ3) is 4.59. The number of aryl methyl sites for hydroxylation is 2. The van der Waals surface area contributed by atoms with Crippen LogP contribution in [0, 0.1) is 6.92 Å². The number of carbonyl (C=O) groups is 1. The molecule has 2 aromatic carbocycles. The standard InChI is InChI=1S/C23H25N5O2S/c1-5-20-25-26-23-28(20)27-22(31-23)16-7-6-8-17(12-16)24-21(29)13-30-19-11-15(4)9-10-18(19)14(2)3/h6-12,14H,5,13H2,1-4H3,(H,24,29). The molecule has 0 fully saturated rings. The number of fused-ring (bicyclic) bond motifs is 1. The summed E-state index contributed by atoms with van der Waals surface area (Å²) in [6, 6.07) is 13.7. The fourth-order valence-corrected chi connectivity index (χ4v) is 4.16. The Morgan fingerprint density at radius 2 is 2.03 bits per heavy atom. The predicted molar refractivity (Wildman–Crippen MR) is 123 cm³/mol. The summed E-state index contributed by atoms with van der Waals surface area (Å²) < 4.78 is 7.61. The van der Waals surface area contributed by atoms with Gasteiger partial charge in [0.25, 0.3) is 5.91 Å². The molecule has 160 valence electrons. The van der Waals surface area contributed by atoms with E-state index in [1.54, 1.807) is 4.52 Å².